The van der Waals surface area contributed by atoms with Crippen LogP contribution in [0.2, 0.25) is 0 Å². The minimum atomic E-state index is 0.640. The van der Waals surface area contributed by atoms with Gasteiger partial charge in [-0.05, 0) is 23.6 Å². The summed E-state index contributed by atoms with van der Waals surface area (Å²) < 4.78 is 0. The van der Waals surface area contributed by atoms with Crippen LogP contribution in [0.3, 0.4) is 0 Å². The predicted molar refractivity (Wildman–Crippen MR) is 61.1 cm³/mol. The summed E-state index contributed by atoms with van der Waals surface area (Å²) >= 11 is 0. The van der Waals surface area contributed by atoms with E-state index in [9.17, 15) is 0 Å². The molecule has 0 unspecified atom stereocenters. The van der Waals surface area contributed by atoms with Crippen LogP contribution < -0.4 is 0 Å². The second kappa shape index (κ2) is 4.51. The lowest BCUT2D eigenvalue weighted by Gasteiger charge is -2.07. The van der Waals surface area contributed by atoms with Crippen LogP contribution in [0.5, 0.6) is 0 Å². The van der Waals surface area contributed by atoms with Crippen LogP contribution in [0, 0.1) is 0 Å². The molecule has 0 aromatic heterocycles. The van der Waals surface area contributed by atoms with Gasteiger partial charge in [0.25, 0.3) is 0 Å². The summed E-state index contributed by atoms with van der Waals surface area (Å²) in [5.41, 5.74) is 11.7. The Bertz CT molecular complexity index is 449. The number of benzene rings is 2. The molecule has 0 bridgehead atoms. The zero-order valence-corrected chi connectivity index (χ0v) is 8.30. The molecule has 2 nitrogen and oxygen atoms in total. The molecule has 0 atom stereocenters. The van der Waals surface area contributed by atoms with Crippen molar-refractivity contribution in [3.63, 3.8) is 0 Å². The van der Waals surface area contributed by atoms with Gasteiger partial charge in [-0.2, -0.15) is 0 Å². The normalized spacial score (nSPS) is 9.87. The Labute approximate surface area is 89.1 Å². The fraction of sp³-hybridized carbons (Fsp3) is 0.0769. The van der Waals surface area contributed by atoms with Crippen LogP contribution in [-0.4, -0.2) is 0 Å². The van der Waals surface area contributed by atoms with Crippen molar-refractivity contribution in [2.75, 3.05) is 0 Å². The van der Waals surface area contributed by atoms with Crippen LogP contribution >= 0.6 is 0 Å². The summed E-state index contributed by atoms with van der Waals surface area (Å²) in [7, 11) is 0. The highest BCUT2D eigenvalue weighted by Gasteiger charge is 1.98. The average Bonchev–Trinajstić information content (AvgIpc) is 2.31. The third kappa shape index (κ3) is 2.29. The van der Waals surface area contributed by atoms with E-state index in [1.54, 1.807) is 6.07 Å². The van der Waals surface area contributed by atoms with E-state index in [4.69, 9.17) is 5.53 Å². The van der Waals surface area contributed by atoms with Crippen molar-refractivity contribution in [3.8, 4) is 0 Å². The molecule has 0 heterocycles. The highest BCUT2D eigenvalue weighted by atomic mass is 15.0. The molecule has 0 aliphatic heterocycles. The first-order chi connectivity index (χ1) is 7.40. The van der Waals surface area contributed by atoms with Crippen molar-refractivity contribution in [1.82, 2.24) is 0 Å². The van der Waals surface area contributed by atoms with Gasteiger partial charge in [-0.1, -0.05) is 48.5 Å². The Kier molecular flexibility index (Phi) is 2.88. The van der Waals surface area contributed by atoms with E-state index in [1.165, 1.54) is 5.56 Å². The summed E-state index contributed by atoms with van der Waals surface area (Å²) in [6, 6.07) is 17.7. The summed E-state index contributed by atoms with van der Waals surface area (Å²) in [6.45, 7) is 0. The third-order valence-corrected chi connectivity index (χ3v) is 2.34. The van der Waals surface area contributed by atoms with E-state index in [2.05, 4.69) is 17.2 Å². The molecule has 2 aromatic rings. The fourth-order valence-electron chi connectivity index (χ4n) is 1.57. The van der Waals surface area contributed by atoms with Gasteiger partial charge in [0.05, 0.1) is 0 Å². The molecule has 0 spiro atoms. The summed E-state index contributed by atoms with van der Waals surface area (Å²) in [5.74, 6) is 0. The monoisotopic (exact) mass is 195 g/mol. The fourth-order valence-corrected chi connectivity index (χ4v) is 1.57. The minimum Gasteiger partial charge on any atom is -0.706 e. The smallest absolute Gasteiger partial charge is 0.0432 e. The van der Waals surface area contributed by atoms with Crippen molar-refractivity contribution < 1.29 is 0 Å². The Morgan fingerprint density at radius 2 is 1.53 bits per heavy atom. The molecular formula is C13H11N2-. The van der Waals surface area contributed by atoms with Crippen LogP contribution in [0.25, 0.3) is 5.53 Å². The third-order valence-electron chi connectivity index (χ3n) is 2.34. The standard InChI is InChI=1S/C13H11N2/c14-15-13-9-5-4-8-12(13)10-11-6-2-1-3-7-11/h1-9H,10H2/q-1. The number of nitrogens with zero attached hydrogens (tertiary/aromatic N) is 2. The van der Waals surface area contributed by atoms with Gasteiger partial charge in [0.15, 0.2) is 0 Å². The average molecular weight is 195 g/mol. The van der Waals surface area contributed by atoms with E-state index in [1.807, 2.05) is 36.4 Å². The van der Waals surface area contributed by atoms with Gasteiger partial charge in [0.2, 0.25) is 0 Å². The molecule has 15 heavy (non-hydrogen) atoms. The summed E-state index contributed by atoms with van der Waals surface area (Å²) in [4.78, 5) is 0. The van der Waals surface area contributed by atoms with Gasteiger partial charge in [-0.3, -0.25) is 0 Å². The van der Waals surface area contributed by atoms with Crippen molar-refractivity contribution >= 4 is 5.69 Å². The van der Waals surface area contributed by atoms with Gasteiger partial charge in [-0.15, -0.1) is 0 Å². The quantitative estimate of drug-likeness (QED) is 0.665. The van der Waals surface area contributed by atoms with Crippen molar-refractivity contribution in [3.05, 3.63) is 71.3 Å². The largest absolute Gasteiger partial charge is 0.706 e. The maximum absolute atomic E-state index is 8.82. The highest BCUT2D eigenvalue weighted by molar-refractivity contribution is 5.47. The number of hydrogen-bond donors (Lipinski definition) is 0. The van der Waals surface area contributed by atoms with Gasteiger partial charge >= 0.3 is 0 Å². The van der Waals surface area contributed by atoms with Crippen LogP contribution in [0.15, 0.2) is 59.7 Å². The second-order valence-corrected chi connectivity index (χ2v) is 3.39. The van der Waals surface area contributed by atoms with E-state index < -0.39 is 0 Å². The lowest BCUT2D eigenvalue weighted by Crippen LogP contribution is -1.87. The van der Waals surface area contributed by atoms with E-state index >= 15 is 0 Å². The van der Waals surface area contributed by atoms with Crippen LogP contribution in [0.4, 0.5) is 5.69 Å². The molecule has 0 aliphatic rings. The Balaban J connectivity index is 2.28. The van der Waals surface area contributed by atoms with Crippen molar-refractivity contribution in [2.24, 2.45) is 5.11 Å². The molecule has 0 fully saturated rings. The first-order valence-electron chi connectivity index (χ1n) is 4.87. The second-order valence-electron chi connectivity index (χ2n) is 3.39. The van der Waals surface area contributed by atoms with Crippen LogP contribution in [-0.2, 0) is 6.42 Å². The lowest BCUT2D eigenvalue weighted by molar-refractivity contribution is 1.18. The first kappa shape index (κ1) is 9.59. The molecule has 2 aromatic carbocycles. The topological polar surface area (TPSA) is 34.7 Å². The Hall–Kier alpha value is -1.96. The Morgan fingerprint density at radius 1 is 0.867 bits per heavy atom. The van der Waals surface area contributed by atoms with E-state index in [-0.39, 0.29) is 0 Å². The molecule has 0 aliphatic carbocycles. The molecular weight excluding hydrogens is 184 g/mol. The van der Waals surface area contributed by atoms with E-state index in [0.717, 1.165) is 12.0 Å². The van der Waals surface area contributed by atoms with Crippen molar-refractivity contribution in [1.29, 1.82) is 0 Å². The zero-order chi connectivity index (χ0) is 10.5. The highest BCUT2D eigenvalue weighted by Crippen LogP contribution is 2.21. The number of hydrogen-bond acceptors (Lipinski definition) is 1. The molecule has 0 radical (unpaired) electrons. The Morgan fingerprint density at radius 3 is 2.27 bits per heavy atom. The molecule has 2 rings (SSSR count). The lowest BCUT2D eigenvalue weighted by atomic mass is 10.0. The van der Waals surface area contributed by atoms with Gasteiger partial charge < -0.3 is 10.6 Å². The number of rotatable bonds is 3. The maximum atomic E-state index is 8.82. The molecule has 0 saturated carbocycles. The van der Waals surface area contributed by atoms with E-state index in [0.29, 0.717) is 5.69 Å². The molecule has 74 valence electrons. The minimum absolute atomic E-state index is 0.640. The summed E-state index contributed by atoms with van der Waals surface area (Å²) in [5, 5.41) is 3.27. The maximum Gasteiger partial charge on any atom is 0.0432 e. The molecule has 0 saturated heterocycles. The van der Waals surface area contributed by atoms with Gasteiger partial charge in [0.1, 0.15) is 0 Å². The molecule has 0 N–H and O–H groups in total. The van der Waals surface area contributed by atoms with Gasteiger partial charge in [0, 0.05) is 5.69 Å². The SMILES string of the molecule is [N-]=Nc1ccccc1Cc1ccccc1. The zero-order valence-electron chi connectivity index (χ0n) is 8.30. The first-order valence-corrected chi connectivity index (χ1v) is 4.87. The molecule has 2 heteroatoms. The molecule has 0 amide bonds. The summed E-state index contributed by atoms with van der Waals surface area (Å²) in [6.07, 6.45) is 0.793. The van der Waals surface area contributed by atoms with Crippen molar-refractivity contribution in [2.45, 2.75) is 6.42 Å². The predicted octanol–water partition coefficient (Wildman–Crippen LogP) is 3.93. The van der Waals surface area contributed by atoms with Crippen LogP contribution in [0.1, 0.15) is 11.1 Å². The van der Waals surface area contributed by atoms with Gasteiger partial charge in [-0.25, -0.2) is 0 Å².